The first-order valence-corrected chi connectivity index (χ1v) is 9.25. The van der Waals surface area contributed by atoms with E-state index in [1.807, 2.05) is 11.8 Å². The van der Waals surface area contributed by atoms with Crippen LogP contribution in [0, 0.1) is 13.8 Å². The van der Waals surface area contributed by atoms with Gasteiger partial charge in [-0.15, -0.1) is 23.1 Å². The van der Waals surface area contributed by atoms with Crippen LogP contribution < -0.4 is 5.32 Å². The number of aromatic nitrogens is 2. The highest BCUT2D eigenvalue weighted by Gasteiger charge is 2.20. The van der Waals surface area contributed by atoms with Gasteiger partial charge in [-0.25, -0.2) is 9.97 Å². The number of thiophene rings is 1. The van der Waals surface area contributed by atoms with Gasteiger partial charge in [0, 0.05) is 11.4 Å². The topological polar surface area (TPSA) is 47.0 Å². The number of fused-ring (bicyclic) bond motifs is 1. The van der Waals surface area contributed by atoms with Crippen molar-refractivity contribution < 1.29 is 4.74 Å². The minimum Gasteiger partial charge on any atom is -0.379 e. The van der Waals surface area contributed by atoms with E-state index in [0.29, 0.717) is 5.25 Å². The summed E-state index contributed by atoms with van der Waals surface area (Å²) < 4.78 is 5.22. The third-order valence-corrected chi connectivity index (χ3v) is 5.94. The molecule has 2 aromatic heterocycles. The molecule has 0 amide bonds. The minimum atomic E-state index is 0.614. The minimum absolute atomic E-state index is 0.614. The predicted octanol–water partition coefficient (Wildman–Crippen LogP) is 3.76. The largest absolute Gasteiger partial charge is 0.379 e. The number of thioether (sulfide) groups is 1. The molecule has 3 heterocycles. The van der Waals surface area contributed by atoms with Gasteiger partial charge in [0.2, 0.25) is 0 Å². The Bertz CT molecular complexity index is 637. The zero-order valence-electron chi connectivity index (χ0n) is 12.7. The van der Waals surface area contributed by atoms with Crippen LogP contribution in [0.1, 0.15) is 29.6 Å². The molecule has 0 atom stereocenters. The van der Waals surface area contributed by atoms with Crippen LogP contribution in [0.2, 0.25) is 0 Å². The highest BCUT2D eigenvalue weighted by molar-refractivity contribution is 7.99. The van der Waals surface area contributed by atoms with Crippen molar-refractivity contribution in [2.45, 2.75) is 38.2 Å². The van der Waals surface area contributed by atoms with Crippen LogP contribution in [-0.4, -0.2) is 35.0 Å². The quantitative estimate of drug-likeness (QED) is 0.877. The first-order chi connectivity index (χ1) is 10.2. The Kier molecular flexibility index (Phi) is 4.66. The Hall–Kier alpha value is -0.850. The molecule has 0 saturated carbocycles. The number of nitrogens with zero attached hydrogens (tertiary/aromatic N) is 2. The molecule has 4 nitrogen and oxygen atoms in total. The number of hydrogen-bond acceptors (Lipinski definition) is 6. The molecule has 0 aromatic carbocycles. The molecule has 114 valence electrons. The Morgan fingerprint density at radius 3 is 2.81 bits per heavy atom. The maximum atomic E-state index is 5.22. The average Bonchev–Trinajstić information content (AvgIpc) is 2.70. The zero-order valence-corrected chi connectivity index (χ0v) is 14.4. The summed E-state index contributed by atoms with van der Waals surface area (Å²) >= 11 is 3.66. The average molecular weight is 323 g/mol. The van der Waals surface area contributed by atoms with Crippen molar-refractivity contribution in [1.82, 2.24) is 9.97 Å². The molecule has 1 aliphatic heterocycles. The number of aryl methyl sites for hydroxylation is 2. The standard InChI is InChI=1S/C15H21N3OS2/c1-4-5-16-14-13-9(2)10(3)21-15(13)18-12(17-14)8-20-11-6-19-7-11/h11H,4-8H2,1-3H3,(H,16,17,18). The van der Waals surface area contributed by atoms with Crippen LogP contribution in [0.15, 0.2) is 0 Å². The normalized spacial score (nSPS) is 15.4. The molecule has 1 N–H and O–H groups in total. The van der Waals surface area contributed by atoms with Crippen molar-refractivity contribution in [3.05, 3.63) is 16.3 Å². The van der Waals surface area contributed by atoms with Crippen LogP contribution in [0.25, 0.3) is 10.2 Å². The first-order valence-electron chi connectivity index (χ1n) is 7.39. The highest BCUT2D eigenvalue weighted by atomic mass is 32.2. The number of nitrogens with one attached hydrogen (secondary N) is 1. The Labute approximate surface area is 133 Å². The van der Waals surface area contributed by atoms with E-state index in [1.54, 1.807) is 11.3 Å². The lowest BCUT2D eigenvalue weighted by atomic mass is 10.2. The fourth-order valence-electron chi connectivity index (χ4n) is 2.23. The third-order valence-electron chi connectivity index (χ3n) is 3.67. The highest BCUT2D eigenvalue weighted by Crippen LogP contribution is 2.34. The van der Waals surface area contributed by atoms with E-state index in [1.165, 1.54) is 15.8 Å². The molecule has 0 spiro atoms. The van der Waals surface area contributed by atoms with Gasteiger partial charge in [0.05, 0.1) is 29.6 Å². The van der Waals surface area contributed by atoms with E-state index in [9.17, 15) is 0 Å². The molecule has 1 fully saturated rings. The summed E-state index contributed by atoms with van der Waals surface area (Å²) in [6.07, 6.45) is 1.09. The first kappa shape index (κ1) is 15.1. The SMILES string of the molecule is CCCNc1nc(CSC2COC2)nc2sc(C)c(C)c12. The lowest BCUT2D eigenvalue weighted by Crippen LogP contribution is -2.30. The number of anilines is 1. The molecule has 6 heteroatoms. The van der Waals surface area contributed by atoms with Gasteiger partial charge in [0.15, 0.2) is 0 Å². The van der Waals surface area contributed by atoms with Crippen molar-refractivity contribution in [2.24, 2.45) is 0 Å². The maximum Gasteiger partial charge on any atom is 0.142 e. The number of hydrogen-bond donors (Lipinski definition) is 1. The summed E-state index contributed by atoms with van der Waals surface area (Å²) in [7, 11) is 0. The van der Waals surface area contributed by atoms with Gasteiger partial charge < -0.3 is 10.1 Å². The van der Waals surface area contributed by atoms with E-state index in [2.05, 4.69) is 26.1 Å². The van der Waals surface area contributed by atoms with E-state index >= 15 is 0 Å². The second-order valence-electron chi connectivity index (χ2n) is 5.35. The molecule has 0 radical (unpaired) electrons. The van der Waals surface area contributed by atoms with Gasteiger partial charge in [-0.2, -0.15) is 0 Å². The van der Waals surface area contributed by atoms with Crippen LogP contribution in [-0.2, 0) is 10.5 Å². The van der Waals surface area contributed by atoms with Crippen molar-refractivity contribution >= 4 is 39.1 Å². The van der Waals surface area contributed by atoms with Crippen LogP contribution >= 0.6 is 23.1 Å². The van der Waals surface area contributed by atoms with E-state index in [-0.39, 0.29) is 0 Å². The molecule has 0 aliphatic carbocycles. The second-order valence-corrected chi connectivity index (χ2v) is 7.84. The lowest BCUT2D eigenvalue weighted by Gasteiger charge is -2.24. The smallest absolute Gasteiger partial charge is 0.142 e. The molecule has 1 aliphatic rings. The summed E-state index contributed by atoms with van der Waals surface area (Å²) in [6, 6.07) is 0. The summed E-state index contributed by atoms with van der Waals surface area (Å²) in [4.78, 5) is 12.0. The molecule has 0 bridgehead atoms. The van der Waals surface area contributed by atoms with Crippen molar-refractivity contribution in [1.29, 1.82) is 0 Å². The zero-order chi connectivity index (χ0) is 14.8. The molecular formula is C15H21N3OS2. The van der Waals surface area contributed by atoms with E-state index in [4.69, 9.17) is 14.7 Å². The van der Waals surface area contributed by atoms with E-state index < -0.39 is 0 Å². The molecule has 2 aromatic rings. The van der Waals surface area contributed by atoms with Crippen molar-refractivity contribution in [3.8, 4) is 0 Å². The Balaban J connectivity index is 1.89. The van der Waals surface area contributed by atoms with Gasteiger partial charge in [0.25, 0.3) is 0 Å². The van der Waals surface area contributed by atoms with Gasteiger partial charge >= 0.3 is 0 Å². The summed E-state index contributed by atoms with van der Waals surface area (Å²) in [6.45, 7) is 9.17. The Morgan fingerprint density at radius 1 is 1.33 bits per heavy atom. The molecule has 1 saturated heterocycles. The van der Waals surface area contributed by atoms with E-state index in [0.717, 1.165) is 48.4 Å². The van der Waals surface area contributed by atoms with Crippen molar-refractivity contribution in [3.63, 3.8) is 0 Å². The van der Waals surface area contributed by atoms with Crippen LogP contribution in [0.3, 0.4) is 0 Å². The van der Waals surface area contributed by atoms with Gasteiger partial charge in [-0.1, -0.05) is 6.92 Å². The maximum absolute atomic E-state index is 5.22. The fraction of sp³-hybridized carbons (Fsp3) is 0.600. The fourth-order valence-corrected chi connectivity index (χ4v) is 4.18. The molecular weight excluding hydrogens is 302 g/mol. The summed E-state index contributed by atoms with van der Waals surface area (Å²) in [5.41, 5.74) is 1.31. The van der Waals surface area contributed by atoms with Crippen LogP contribution in [0.5, 0.6) is 0 Å². The second kappa shape index (κ2) is 6.50. The van der Waals surface area contributed by atoms with Gasteiger partial charge in [-0.3, -0.25) is 0 Å². The summed E-state index contributed by atoms with van der Waals surface area (Å²) in [5, 5.41) is 5.28. The van der Waals surface area contributed by atoms with Crippen molar-refractivity contribution in [2.75, 3.05) is 25.1 Å². The molecule has 0 unspecified atom stereocenters. The number of ether oxygens (including phenoxy) is 1. The number of rotatable bonds is 6. The molecule has 21 heavy (non-hydrogen) atoms. The lowest BCUT2D eigenvalue weighted by molar-refractivity contribution is 0.0455. The van der Waals surface area contributed by atoms with Gasteiger partial charge in [-0.05, 0) is 25.8 Å². The predicted molar refractivity (Wildman–Crippen MR) is 91.6 cm³/mol. The third kappa shape index (κ3) is 3.17. The van der Waals surface area contributed by atoms with Crippen LogP contribution in [0.4, 0.5) is 5.82 Å². The van der Waals surface area contributed by atoms with Gasteiger partial charge in [0.1, 0.15) is 16.5 Å². The summed E-state index contributed by atoms with van der Waals surface area (Å²) in [5.74, 6) is 2.80. The molecule has 3 rings (SSSR count). The monoisotopic (exact) mass is 323 g/mol. The Morgan fingerprint density at radius 2 is 2.14 bits per heavy atom.